The fourth-order valence-electron chi connectivity index (χ4n) is 2.58. The lowest BCUT2D eigenvalue weighted by atomic mass is 10.3. The van der Waals surface area contributed by atoms with Crippen LogP contribution in [-0.2, 0) is 11.3 Å². The summed E-state index contributed by atoms with van der Waals surface area (Å²) < 4.78 is 2.09. The summed E-state index contributed by atoms with van der Waals surface area (Å²) in [5, 5.41) is 2.86. The van der Waals surface area contributed by atoms with Crippen molar-refractivity contribution in [1.29, 1.82) is 0 Å². The second kappa shape index (κ2) is 6.39. The molecule has 0 radical (unpaired) electrons. The number of nitrogens with one attached hydrogen (secondary N) is 1. The highest BCUT2D eigenvalue weighted by Crippen LogP contribution is 2.16. The third-order valence-electron chi connectivity index (χ3n) is 3.68. The normalized spacial score (nSPS) is 14.8. The number of carbonyl (C=O) groups excluding carboxylic acids is 2. The molecule has 3 rings (SSSR count). The summed E-state index contributed by atoms with van der Waals surface area (Å²) in [5.41, 5.74) is 2.03. The van der Waals surface area contributed by atoms with E-state index in [1.54, 1.807) is 4.90 Å². The first kappa shape index (κ1) is 14.9. The molecule has 1 N–H and O–H groups in total. The molecule has 116 valence electrons. The minimum atomic E-state index is -0.113. The molecule has 2 heterocycles. The number of benzene rings is 1. The topological polar surface area (TPSA) is 67.2 Å². The SMILES string of the molecule is Cc1nc2ccccc2n1CCNC(=O)CN1CCSC1=O. The Balaban J connectivity index is 1.55. The van der Waals surface area contributed by atoms with E-state index in [4.69, 9.17) is 0 Å². The quantitative estimate of drug-likeness (QED) is 0.910. The average Bonchev–Trinajstić information content (AvgIpc) is 3.03. The first-order chi connectivity index (χ1) is 10.6. The molecule has 1 aromatic heterocycles. The molecule has 0 unspecified atom stereocenters. The second-order valence-electron chi connectivity index (χ2n) is 5.19. The fraction of sp³-hybridized carbons (Fsp3) is 0.400. The van der Waals surface area contributed by atoms with Crippen molar-refractivity contribution in [1.82, 2.24) is 19.8 Å². The van der Waals surface area contributed by atoms with Crippen LogP contribution in [0.1, 0.15) is 5.82 Å². The highest BCUT2D eigenvalue weighted by Gasteiger charge is 2.22. The Morgan fingerprint density at radius 1 is 1.41 bits per heavy atom. The van der Waals surface area contributed by atoms with Crippen molar-refractivity contribution < 1.29 is 9.59 Å². The van der Waals surface area contributed by atoms with Gasteiger partial charge in [0, 0.05) is 25.4 Å². The van der Waals surface area contributed by atoms with Crippen molar-refractivity contribution in [2.24, 2.45) is 0 Å². The number of fused-ring (bicyclic) bond motifs is 1. The molecule has 1 saturated heterocycles. The second-order valence-corrected chi connectivity index (χ2v) is 6.23. The van der Waals surface area contributed by atoms with Crippen LogP contribution in [0.4, 0.5) is 4.79 Å². The molecule has 1 fully saturated rings. The summed E-state index contributed by atoms with van der Waals surface area (Å²) in [4.78, 5) is 29.4. The van der Waals surface area contributed by atoms with E-state index < -0.39 is 0 Å². The standard InChI is InChI=1S/C15H18N4O2S/c1-11-17-12-4-2-3-5-13(12)19(11)7-6-16-14(20)10-18-8-9-22-15(18)21/h2-5H,6-10H2,1H3,(H,16,20). The van der Waals surface area contributed by atoms with Crippen molar-refractivity contribution in [2.45, 2.75) is 13.5 Å². The molecule has 0 aliphatic carbocycles. The van der Waals surface area contributed by atoms with Gasteiger partial charge < -0.3 is 14.8 Å². The Hall–Kier alpha value is -2.02. The van der Waals surface area contributed by atoms with E-state index in [2.05, 4.69) is 14.9 Å². The van der Waals surface area contributed by atoms with Crippen LogP contribution in [0.2, 0.25) is 0 Å². The predicted octanol–water partition coefficient (Wildman–Crippen LogP) is 1.63. The summed E-state index contributed by atoms with van der Waals surface area (Å²) in [7, 11) is 0. The number of hydrogen-bond donors (Lipinski definition) is 1. The Kier molecular flexibility index (Phi) is 4.33. The van der Waals surface area contributed by atoms with Crippen molar-refractivity contribution in [3.8, 4) is 0 Å². The third-order valence-corrected chi connectivity index (χ3v) is 4.57. The molecule has 0 bridgehead atoms. The maximum atomic E-state index is 11.9. The van der Waals surface area contributed by atoms with Gasteiger partial charge in [-0.25, -0.2) is 4.98 Å². The third kappa shape index (κ3) is 3.09. The van der Waals surface area contributed by atoms with Gasteiger partial charge in [-0.1, -0.05) is 23.9 Å². The number of rotatable bonds is 5. The lowest BCUT2D eigenvalue weighted by Crippen LogP contribution is -2.38. The van der Waals surface area contributed by atoms with E-state index >= 15 is 0 Å². The van der Waals surface area contributed by atoms with Gasteiger partial charge in [-0.3, -0.25) is 9.59 Å². The lowest BCUT2D eigenvalue weighted by Gasteiger charge is -2.14. The Morgan fingerprint density at radius 2 is 2.23 bits per heavy atom. The van der Waals surface area contributed by atoms with Gasteiger partial charge in [0.15, 0.2) is 0 Å². The van der Waals surface area contributed by atoms with Gasteiger partial charge in [0.2, 0.25) is 5.91 Å². The minimum absolute atomic E-state index is 0.00778. The van der Waals surface area contributed by atoms with E-state index in [9.17, 15) is 9.59 Å². The van der Waals surface area contributed by atoms with Gasteiger partial charge in [0.05, 0.1) is 11.0 Å². The molecule has 2 aromatic rings. The van der Waals surface area contributed by atoms with E-state index in [1.807, 2.05) is 31.2 Å². The summed E-state index contributed by atoms with van der Waals surface area (Å²) in [6, 6.07) is 7.95. The van der Waals surface area contributed by atoms with Crippen LogP contribution < -0.4 is 5.32 Å². The number of hydrogen-bond acceptors (Lipinski definition) is 4. The number of aromatic nitrogens is 2. The van der Waals surface area contributed by atoms with Crippen LogP contribution in [-0.4, -0.2) is 51.0 Å². The molecule has 1 aromatic carbocycles. The maximum absolute atomic E-state index is 11.9. The van der Waals surface area contributed by atoms with Crippen molar-refractivity contribution in [2.75, 3.05) is 25.4 Å². The summed E-state index contributed by atoms with van der Waals surface area (Å²) >= 11 is 1.27. The summed E-state index contributed by atoms with van der Waals surface area (Å²) in [6.45, 7) is 3.95. The van der Waals surface area contributed by atoms with Gasteiger partial charge in [-0.15, -0.1) is 0 Å². The number of amides is 2. The van der Waals surface area contributed by atoms with Crippen LogP contribution in [0.5, 0.6) is 0 Å². The lowest BCUT2D eigenvalue weighted by molar-refractivity contribution is -0.121. The van der Waals surface area contributed by atoms with Crippen molar-refractivity contribution in [3.05, 3.63) is 30.1 Å². The van der Waals surface area contributed by atoms with Crippen LogP contribution in [0.3, 0.4) is 0 Å². The van der Waals surface area contributed by atoms with Gasteiger partial charge >= 0.3 is 0 Å². The maximum Gasteiger partial charge on any atom is 0.282 e. The van der Waals surface area contributed by atoms with Crippen LogP contribution in [0.15, 0.2) is 24.3 Å². The zero-order valence-electron chi connectivity index (χ0n) is 12.4. The number of thioether (sulfide) groups is 1. The van der Waals surface area contributed by atoms with E-state index in [-0.39, 0.29) is 17.7 Å². The van der Waals surface area contributed by atoms with E-state index in [0.717, 1.165) is 22.6 Å². The van der Waals surface area contributed by atoms with Gasteiger partial charge in [-0.2, -0.15) is 0 Å². The first-order valence-electron chi connectivity index (χ1n) is 7.25. The van der Waals surface area contributed by atoms with Crippen LogP contribution in [0, 0.1) is 6.92 Å². The average molecular weight is 318 g/mol. The highest BCUT2D eigenvalue weighted by molar-refractivity contribution is 8.13. The molecule has 1 aliphatic rings. The molecule has 0 spiro atoms. The minimum Gasteiger partial charge on any atom is -0.353 e. The molecular weight excluding hydrogens is 300 g/mol. The molecule has 22 heavy (non-hydrogen) atoms. The zero-order valence-corrected chi connectivity index (χ0v) is 13.2. The Bertz CT molecular complexity index is 713. The highest BCUT2D eigenvalue weighted by atomic mass is 32.2. The van der Waals surface area contributed by atoms with Gasteiger partial charge in [-0.05, 0) is 19.1 Å². The molecule has 7 heteroatoms. The molecule has 0 atom stereocenters. The number of aryl methyl sites for hydroxylation is 1. The number of para-hydroxylation sites is 2. The number of imidazole rings is 1. The van der Waals surface area contributed by atoms with Crippen molar-refractivity contribution >= 4 is 33.9 Å². The molecule has 2 amide bonds. The van der Waals surface area contributed by atoms with Gasteiger partial charge in [0.1, 0.15) is 12.4 Å². The van der Waals surface area contributed by atoms with Gasteiger partial charge in [0.25, 0.3) is 5.24 Å². The molecule has 1 aliphatic heterocycles. The predicted molar refractivity (Wildman–Crippen MR) is 86.9 cm³/mol. The molecule has 0 saturated carbocycles. The first-order valence-corrected chi connectivity index (χ1v) is 8.24. The van der Waals surface area contributed by atoms with Crippen LogP contribution >= 0.6 is 11.8 Å². The number of nitrogens with zero attached hydrogens (tertiary/aromatic N) is 3. The largest absolute Gasteiger partial charge is 0.353 e. The summed E-state index contributed by atoms with van der Waals surface area (Å²) in [5.74, 6) is 1.59. The van der Waals surface area contributed by atoms with E-state index in [1.165, 1.54) is 11.8 Å². The smallest absolute Gasteiger partial charge is 0.282 e. The monoisotopic (exact) mass is 318 g/mol. The Labute approximate surface area is 132 Å². The molecule has 6 nitrogen and oxygen atoms in total. The Morgan fingerprint density at radius 3 is 3.00 bits per heavy atom. The summed E-state index contributed by atoms with van der Waals surface area (Å²) in [6.07, 6.45) is 0. The zero-order chi connectivity index (χ0) is 15.5. The fourth-order valence-corrected chi connectivity index (χ4v) is 3.41. The van der Waals surface area contributed by atoms with E-state index in [0.29, 0.717) is 19.6 Å². The van der Waals surface area contributed by atoms with Crippen molar-refractivity contribution in [3.63, 3.8) is 0 Å². The molecular formula is C15H18N4O2S. The van der Waals surface area contributed by atoms with Crippen LogP contribution in [0.25, 0.3) is 11.0 Å². The number of carbonyl (C=O) groups is 2.